The molecule has 0 saturated carbocycles. The molecule has 0 aliphatic carbocycles. The first-order valence-electron chi connectivity index (χ1n) is 4.94. The molecule has 1 aromatic rings. The molecular weight excluding hydrogens is 195 g/mol. The highest BCUT2D eigenvalue weighted by Crippen LogP contribution is 2.27. The minimum atomic E-state index is -0.305. The van der Waals surface area contributed by atoms with Crippen molar-refractivity contribution in [3.8, 4) is 0 Å². The SMILES string of the molecule is C[C@H](N)c1cccc(F)c1N(C)CCO. The lowest BCUT2D eigenvalue weighted by molar-refractivity contribution is 0.303. The number of likely N-dealkylation sites (N-methyl/N-ethyl adjacent to an activating group) is 1. The predicted octanol–water partition coefficient (Wildman–Crippen LogP) is 1.27. The van der Waals surface area contributed by atoms with E-state index in [2.05, 4.69) is 0 Å². The highest BCUT2D eigenvalue weighted by atomic mass is 19.1. The van der Waals surface area contributed by atoms with Gasteiger partial charge in [0.25, 0.3) is 0 Å². The van der Waals surface area contributed by atoms with Crippen LogP contribution in [0.5, 0.6) is 0 Å². The van der Waals surface area contributed by atoms with Crippen molar-refractivity contribution in [1.82, 2.24) is 0 Å². The normalized spacial score (nSPS) is 12.6. The van der Waals surface area contributed by atoms with Gasteiger partial charge in [-0.3, -0.25) is 0 Å². The molecule has 0 aliphatic heterocycles. The van der Waals surface area contributed by atoms with Crippen LogP contribution in [0.3, 0.4) is 0 Å². The highest BCUT2D eigenvalue weighted by Gasteiger charge is 2.14. The topological polar surface area (TPSA) is 49.5 Å². The average Bonchev–Trinajstić information content (AvgIpc) is 2.17. The van der Waals surface area contributed by atoms with Gasteiger partial charge in [0, 0.05) is 19.6 Å². The number of nitrogens with zero attached hydrogens (tertiary/aromatic N) is 1. The first-order chi connectivity index (χ1) is 7.07. The summed E-state index contributed by atoms with van der Waals surface area (Å²) in [4.78, 5) is 1.67. The molecule has 0 aliphatic rings. The van der Waals surface area contributed by atoms with Crippen LogP contribution in [0.2, 0.25) is 0 Å². The van der Waals surface area contributed by atoms with Gasteiger partial charge in [-0.25, -0.2) is 4.39 Å². The Morgan fingerprint density at radius 2 is 2.20 bits per heavy atom. The zero-order chi connectivity index (χ0) is 11.4. The lowest BCUT2D eigenvalue weighted by Gasteiger charge is -2.23. The van der Waals surface area contributed by atoms with Crippen molar-refractivity contribution in [1.29, 1.82) is 0 Å². The Balaban J connectivity index is 3.12. The van der Waals surface area contributed by atoms with Crippen LogP contribution in [0.15, 0.2) is 18.2 Å². The number of para-hydroxylation sites is 1. The zero-order valence-corrected chi connectivity index (χ0v) is 9.07. The molecular formula is C11H17FN2O. The molecule has 84 valence electrons. The monoisotopic (exact) mass is 212 g/mol. The van der Waals surface area contributed by atoms with Crippen molar-refractivity contribution in [2.45, 2.75) is 13.0 Å². The number of aliphatic hydroxyl groups excluding tert-OH is 1. The van der Waals surface area contributed by atoms with Gasteiger partial charge in [0.05, 0.1) is 12.3 Å². The molecule has 1 aromatic carbocycles. The van der Waals surface area contributed by atoms with Gasteiger partial charge in [-0.2, -0.15) is 0 Å². The first kappa shape index (κ1) is 11.9. The predicted molar refractivity (Wildman–Crippen MR) is 59.4 cm³/mol. The lowest BCUT2D eigenvalue weighted by atomic mass is 10.1. The quantitative estimate of drug-likeness (QED) is 0.790. The van der Waals surface area contributed by atoms with Gasteiger partial charge in [-0.15, -0.1) is 0 Å². The summed E-state index contributed by atoms with van der Waals surface area (Å²) in [6.45, 7) is 2.19. The Hall–Kier alpha value is -1.13. The van der Waals surface area contributed by atoms with E-state index in [-0.39, 0.29) is 18.5 Å². The van der Waals surface area contributed by atoms with Crippen LogP contribution in [0, 0.1) is 5.82 Å². The van der Waals surface area contributed by atoms with Crippen molar-refractivity contribution >= 4 is 5.69 Å². The third-order valence-electron chi connectivity index (χ3n) is 2.33. The maximum atomic E-state index is 13.6. The lowest BCUT2D eigenvalue weighted by Crippen LogP contribution is -2.25. The molecule has 1 atom stereocenters. The molecule has 0 fully saturated rings. The van der Waals surface area contributed by atoms with Gasteiger partial charge < -0.3 is 15.7 Å². The summed E-state index contributed by atoms with van der Waals surface area (Å²) >= 11 is 0. The number of aliphatic hydroxyl groups is 1. The Labute approximate surface area is 89.3 Å². The molecule has 0 bridgehead atoms. The number of benzene rings is 1. The van der Waals surface area contributed by atoms with Gasteiger partial charge in [-0.05, 0) is 18.6 Å². The average molecular weight is 212 g/mol. The highest BCUT2D eigenvalue weighted by molar-refractivity contribution is 5.55. The largest absolute Gasteiger partial charge is 0.395 e. The van der Waals surface area contributed by atoms with Crippen molar-refractivity contribution in [3.63, 3.8) is 0 Å². The third-order valence-corrected chi connectivity index (χ3v) is 2.33. The van der Waals surface area contributed by atoms with E-state index >= 15 is 0 Å². The molecule has 4 heteroatoms. The van der Waals surface area contributed by atoms with Gasteiger partial charge >= 0.3 is 0 Å². The Kier molecular flexibility index (Phi) is 4.05. The van der Waals surface area contributed by atoms with Crippen LogP contribution < -0.4 is 10.6 Å². The molecule has 0 heterocycles. The van der Waals surface area contributed by atoms with E-state index in [1.165, 1.54) is 6.07 Å². The summed E-state index contributed by atoms with van der Waals surface area (Å²) in [6, 6.07) is 4.62. The zero-order valence-electron chi connectivity index (χ0n) is 9.07. The third kappa shape index (κ3) is 2.67. The van der Waals surface area contributed by atoms with E-state index in [0.717, 1.165) is 5.56 Å². The van der Waals surface area contributed by atoms with Crippen LogP contribution in [0.25, 0.3) is 0 Å². The van der Waals surface area contributed by atoms with Gasteiger partial charge in [0.1, 0.15) is 5.82 Å². The maximum absolute atomic E-state index is 13.6. The summed E-state index contributed by atoms with van der Waals surface area (Å²) in [5.41, 5.74) is 6.99. The van der Waals surface area contributed by atoms with Gasteiger partial charge in [-0.1, -0.05) is 12.1 Å². The van der Waals surface area contributed by atoms with Gasteiger partial charge in [0.15, 0.2) is 0 Å². The molecule has 15 heavy (non-hydrogen) atoms. The minimum absolute atomic E-state index is 0.0107. The van der Waals surface area contributed by atoms with Crippen molar-refractivity contribution in [2.24, 2.45) is 5.73 Å². The summed E-state index contributed by atoms with van der Waals surface area (Å²) in [7, 11) is 1.74. The number of rotatable bonds is 4. The summed E-state index contributed by atoms with van der Waals surface area (Å²) in [5, 5.41) is 8.82. The first-order valence-corrected chi connectivity index (χ1v) is 4.94. The van der Waals surface area contributed by atoms with Crippen LogP contribution in [-0.2, 0) is 0 Å². The van der Waals surface area contributed by atoms with Crippen molar-refractivity contribution in [3.05, 3.63) is 29.6 Å². The summed E-state index contributed by atoms with van der Waals surface area (Å²) in [6.07, 6.45) is 0. The molecule has 0 saturated heterocycles. The molecule has 3 nitrogen and oxygen atoms in total. The fraction of sp³-hybridized carbons (Fsp3) is 0.455. The van der Waals surface area contributed by atoms with Crippen molar-refractivity contribution < 1.29 is 9.50 Å². The number of hydrogen-bond acceptors (Lipinski definition) is 3. The maximum Gasteiger partial charge on any atom is 0.146 e. The van der Waals surface area contributed by atoms with E-state index in [1.807, 2.05) is 6.92 Å². The van der Waals surface area contributed by atoms with Crippen LogP contribution >= 0.6 is 0 Å². The molecule has 0 spiro atoms. The fourth-order valence-electron chi connectivity index (χ4n) is 1.56. The Bertz CT molecular complexity index is 328. The van der Waals surface area contributed by atoms with Crippen molar-refractivity contribution in [2.75, 3.05) is 25.1 Å². The molecule has 0 aromatic heterocycles. The molecule has 3 N–H and O–H groups in total. The van der Waals surface area contributed by atoms with E-state index in [0.29, 0.717) is 12.2 Å². The minimum Gasteiger partial charge on any atom is -0.395 e. The van der Waals surface area contributed by atoms with Crippen LogP contribution in [-0.4, -0.2) is 25.3 Å². The Morgan fingerprint density at radius 1 is 1.53 bits per heavy atom. The summed E-state index contributed by atoms with van der Waals surface area (Å²) < 4.78 is 13.6. The number of anilines is 1. The van der Waals surface area contributed by atoms with E-state index < -0.39 is 0 Å². The number of hydrogen-bond donors (Lipinski definition) is 2. The van der Waals surface area contributed by atoms with Crippen LogP contribution in [0.4, 0.5) is 10.1 Å². The second-order valence-electron chi connectivity index (χ2n) is 3.61. The van der Waals surface area contributed by atoms with Gasteiger partial charge in [0.2, 0.25) is 0 Å². The number of nitrogens with two attached hydrogens (primary N) is 1. The van der Waals surface area contributed by atoms with E-state index in [1.54, 1.807) is 24.1 Å². The van der Waals surface area contributed by atoms with E-state index in [9.17, 15) is 4.39 Å². The molecule has 0 amide bonds. The standard InChI is InChI=1S/C11H17FN2O/c1-8(13)9-4-3-5-10(12)11(9)14(2)6-7-15/h3-5,8,15H,6-7,13H2,1-2H3/t8-/m0/s1. The van der Waals surface area contributed by atoms with Crippen LogP contribution in [0.1, 0.15) is 18.5 Å². The smallest absolute Gasteiger partial charge is 0.146 e. The fourth-order valence-corrected chi connectivity index (χ4v) is 1.56. The number of halogens is 1. The van der Waals surface area contributed by atoms with E-state index in [4.69, 9.17) is 10.8 Å². The Morgan fingerprint density at radius 3 is 2.73 bits per heavy atom. The molecule has 0 unspecified atom stereocenters. The summed E-state index contributed by atoms with van der Waals surface area (Å²) in [5.74, 6) is -0.305. The molecule has 1 rings (SSSR count). The second kappa shape index (κ2) is 5.09. The molecule has 0 radical (unpaired) electrons. The second-order valence-corrected chi connectivity index (χ2v) is 3.61.